The molecule has 0 fully saturated rings. The van der Waals surface area contributed by atoms with Crippen molar-refractivity contribution in [2.24, 2.45) is 0 Å². The van der Waals surface area contributed by atoms with Crippen molar-refractivity contribution in [1.29, 1.82) is 0 Å². The van der Waals surface area contributed by atoms with Gasteiger partial charge in [0.25, 0.3) is 0 Å². The van der Waals surface area contributed by atoms with Crippen molar-refractivity contribution in [3.63, 3.8) is 0 Å². The lowest BCUT2D eigenvalue weighted by molar-refractivity contribution is -0.870. The monoisotopic (exact) mass is 1260 g/mol. The lowest BCUT2D eigenvalue weighted by Crippen LogP contribution is -2.37. The molecule has 0 saturated carbocycles. The molecule has 0 rings (SSSR count). The maximum Gasteiger partial charge on any atom is 0.472 e. The number of ether oxygens (including phenoxy) is 2. The van der Waals surface area contributed by atoms with E-state index in [9.17, 15) is 19.0 Å². The number of likely N-dealkylation sites (N-methyl/N-ethyl adjacent to an activating group) is 1. The van der Waals surface area contributed by atoms with E-state index in [1.165, 1.54) is 70.6 Å². The van der Waals surface area contributed by atoms with Gasteiger partial charge in [-0.3, -0.25) is 18.6 Å². The number of rotatable bonds is 63. The maximum atomic E-state index is 12.9. The first-order chi connectivity index (χ1) is 44.0. The lowest BCUT2D eigenvalue weighted by Gasteiger charge is -2.24. The quantitative estimate of drug-likeness (QED) is 0.0211. The summed E-state index contributed by atoms with van der Waals surface area (Å²) < 4.78 is 34.7. The second-order valence-corrected chi connectivity index (χ2v) is 25.6. The van der Waals surface area contributed by atoms with Crippen molar-refractivity contribution >= 4 is 19.8 Å². The van der Waals surface area contributed by atoms with E-state index in [2.05, 4.69) is 196 Å². The SMILES string of the molecule is CC/C=C\C/C=C\C/C=C\C/C=C\C/C=C\C/C=C\C/C=C\C/C=C\C/C=C\C/C=C\CCCCCCCCCCC(=O)OC(COC(=O)CCCCCCCCCCCCC/C=C\C/C=C\C/C=C\C/C=C\C/C=C\CC)COP(=O)(O)OCC[N+](C)(C)C. The fourth-order valence-electron chi connectivity index (χ4n) is 9.07. The normalized spacial score (nSPS) is 14.2. The highest BCUT2D eigenvalue weighted by Gasteiger charge is 2.27. The van der Waals surface area contributed by atoms with Crippen LogP contribution in [0.5, 0.6) is 0 Å². The van der Waals surface area contributed by atoms with Gasteiger partial charge in [0.05, 0.1) is 27.7 Å². The second kappa shape index (κ2) is 68.5. The molecule has 0 radical (unpaired) electrons. The van der Waals surface area contributed by atoms with Crippen LogP contribution >= 0.6 is 7.82 Å². The number of hydrogen-bond acceptors (Lipinski definition) is 7. The van der Waals surface area contributed by atoms with Crippen molar-refractivity contribution < 1.29 is 42.1 Å². The summed E-state index contributed by atoms with van der Waals surface area (Å²) >= 11 is 0. The summed E-state index contributed by atoms with van der Waals surface area (Å²) in [5.74, 6) is -0.820. The zero-order chi connectivity index (χ0) is 65.5. The van der Waals surface area contributed by atoms with Crippen LogP contribution < -0.4 is 0 Å². The number of phosphoric acid groups is 1. The molecule has 10 heteroatoms. The molecule has 0 aliphatic rings. The van der Waals surface area contributed by atoms with Crippen molar-refractivity contribution in [2.45, 2.75) is 264 Å². The van der Waals surface area contributed by atoms with Gasteiger partial charge in [0.2, 0.25) is 0 Å². The number of carbonyl (C=O) groups is 2. The van der Waals surface area contributed by atoms with Crippen LogP contribution in [0.1, 0.15) is 258 Å². The number of hydrogen-bond donors (Lipinski definition) is 1. The maximum absolute atomic E-state index is 12.9. The minimum Gasteiger partial charge on any atom is -0.462 e. The van der Waals surface area contributed by atoms with E-state index in [0.29, 0.717) is 17.4 Å². The first-order valence-corrected chi connectivity index (χ1v) is 37.0. The number of esters is 2. The van der Waals surface area contributed by atoms with Crippen molar-refractivity contribution in [3.05, 3.63) is 182 Å². The molecule has 0 heterocycles. The van der Waals surface area contributed by atoms with Gasteiger partial charge in [0, 0.05) is 12.8 Å². The van der Waals surface area contributed by atoms with Gasteiger partial charge in [-0.25, -0.2) is 4.57 Å². The fourth-order valence-corrected chi connectivity index (χ4v) is 9.81. The third-order valence-corrected chi connectivity index (χ3v) is 15.4. The molecule has 0 spiro atoms. The number of phosphoric ester groups is 1. The zero-order valence-electron chi connectivity index (χ0n) is 57.8. The van der Waals surface area contributed by atoms with Crippen LogP contribution in [0.15, 0.2) is 182 Å². The summed E-state index contributed by atoms with van der Waals surface area (Å²) in [7, 11) is 1.45. The molecule has 0 saturated heterocycles. The van der Waals surface area contributed by atoms with E-state index >= 15 is 0 Å². The lowest BCUT2D eigenvalue weighted by atomic mass is 10.0. The van der Waals surface area contributed by atoms with E-state index < -0.39 is 26.5 Å². The van der Waals surface area contributed by atoms with Crippen LogP contribution in [0.2, 0.25) is 0 Å². The first-order valence-electron chi connectivity index (χ1n) is 35.5. The van der Waals surface area contributed by atoms with E-state index in [4.69, 9.17) is 18.5 Å². The molecule has 0 aliphatic heterocycles. The van der Waals surface area contributed by atoms with Crippen LogP contribution in [0, 0.1) is 0 Å². The van der Waals surface area contributed by atoms with Crippen LogP contribution in [0.3, 0.4) is 0 Å². The van der Waals surface area contributed by atoms with Crippen LogP contribution in [0.25, 0.3) is 0 Å². The van der Waals surface area contributed by atoms with Gasteiger partial charge in [-0.05, 0) is 135 Å². The smallest absolute Gasteiger partial charge is 0.462 e. The Morgan fingerprint density at radius 3 is 0.889 bits per heavy atom. The highest BCUT2D eigenvalue weighted by Crippen LogP contribution is 2.43. The molecular formula is C80H131NO8P+. The largest absolute Gasteiger partial charge is 0.472 e. The Morgan fingerprint density at radius 1 is 0.344 bits per heavy atom. The molecule has 2 atom stereocenters. The Balaban J connectivity index is 4.14. The minimum atomic E-state index is -4.41. The van der Waals surface area contributed by atoms with Gasteiger partial charge in [-0.2, -0.15) is 0 Å². The van der Waals surface area contributed by atoms with Crippen LogP contribution in [-0.4, -0.2) is 74.9 Å². The second-order valence-electron chi connectivity index (χ2n) is 24.2. The van der Waals surface area contributed by atoms with Gasteiger partial charge in [-0.15, -0.1) is 0 Å². The van der Waals surface area contributed by atoms with Gasteiger partial charge in [-0.1, -0.05) is 292 Å². The summed E-state index contributed by atoms with van der Waals surface area (Å²) in [4.78, 5) is 35.9. The summed E-state index contributed by atoms with van der Waals surface area (Å²) in [6.07, 6.45) is 106. The molecule has 508 valence electrons. The topological polar surface area (TPSA) is 108 Å². The average molecular weight is 1270 g/mol. The predicted molar refractivity (Wildman–Crippen MR) is 389 cm³/mol. The summed E-state index contributed by atoms with van der Waals surface area (Å²) in [5, 5.41) is 0. The highest BCUT2D eigenvalue weighted by atomic mass is 31.2. The molecule has 1 N–H and O–H groups in total. The average Bonchev–Trinajstić information content (AvgIpc) is 3.58. The predicted octanol–water partition coefficient (Wildman–Crippen LogP) is 23.5. The molecule has 90 heavy (non-hydrogen) atoms. The molecule has 2 unspecified atom stereocenters. The zero-order valence-corrected chi connectivity index (χ0v) is 58.7. The molecular weight excluding hydrogens is 1130 g/mol. The minimum absolute atomic E-state index is 0.0202. The molecule has 0 aromatic rings. The van der Waals surface area contributed by atoms with Crippen molar-refractivity contribution in [2.75, 3.05) is 47.5 Å². The summed E-state index contributed by atoms with van der Waals surface area (Å²) in [5.41, 5.74) is 0. The molecule has 0 aromatic carbocycles. The van der Waals surface area contributed by atoms with Crippen LogP contribution in [0.4, 0.5) is 0 Å². The molecule has 0 aromatic heterocycles. The number of quaternary nitrogens is 1. The van der Waals surface area contributed by atoms with E-state index in [1.54, 1.807) is 0 Å². The molecule has 9 nitrogen and oxygen atoms in total. The Labute approximate surface area is 552 Å². The first kappa shape index (κ1) is 85.1. The van der Waals surface area contributed by atoms with Gasteiger partial charge in [0.15, 0.2) is 6.10 Å². The molecule has 0 bridgehead atoms. The van der Waals surface area contributed by atoms with E-state index in [1.807, 2.05) is 21.1 Å². The van der Waals surface area contributed by atoms with E-state index in [-0.39, 0.29) is 32.0 Å². The summed E-state index contributed by atoms with van der Waals surface area (Å²) in [6, 6.07) is 0. The Bertz CT molecular complexity index is 2170. The van der Waals surface area contributed by atoms with Crippen molar-refractivity contribution in [1.82, 2.24) is 0 Å². The summed E-state index contributed by atoms with van der Waals surface area (Å²) in [6.45, 7) is 4.18. The number of nitrogens with zero attached hydrogens (tertiary/aromatic N) is 1. The number of unbranched alkanes of at least 4 members (excludes halogenated alkanes) is 19. The third kappa shape index (κ3) is 72.2. The third-order valence-electron chi connectivity index (χ3n) is 14.4. The molecule has 0 aliphatic carbocycles. The highest BCUT2D eigenvalue weighted by molar-refractivity contribution is 7.47. The fraction of sp³-hybridized carbons (Fsp3) is 0.600. The van der Waals surface area contributed by atoms with Gasteiger partial charge >= 0.3 is 19.8 Å². The standard InChI is InChI=1S/C80H130NO8P/c1-6-8-10-12-14-16-18-20-22-24-26-28-30-32-34-35-36-37-38-39-40-41-42-43-44-45-47-49-51-53-55-57-59-61-63-65-67-69-71-73-80(83)89-78(77-88-90(84,85)87-75-74-81(3,4)5)76-86-79(82)72-70-68-66-64-62-60-58-56-54-52-50-48-46-33-31-29-27-25-23-21-19-17-15-13-11-9-7-2/h8-11,14-17,20-23,26-29,32-34,36-37,39-40,42-43,45-47,51,53,78H,6-7,12-13,18-19,24-25,30-31,35,38,41,44,48-50,52,54-77H2,1-5H3/p+1/b10-8-,11-9-,16-14-,17-15-,22-20-,23-21-,28-26-,29-27-,34-32-,37-36-,40-39-,43-42-,46-33-,47-45-,53-51-. The van der Waals surface area contributed by atoms with Crippen LogP contribution in [-0.2, 0) is 32.7 Å². The number of allylic oxidation sites excluding steroid dienone is 30. The van der Waals surface area contributed by atoms with Gasteiger partial charge in [0.1, 0.15) is 19.8 Å². The van der Waals surface area contributed by atoms with Crippen molar-refractivity contribution in [3.8, 4) is 0 Å². The van der Waals surface area contributed by atoms with E-state index in [0.717, 1.165) is 154 Å². The Morgan fingerprint density at radius 2 is 0.600 bits per heavy atom. The Hall–Kier alpha value is -4.89. The van der Waals surface area contributed by atoms with Gasteiger partial charge < -0.3 is 18.9 Å². The molecule has 0 amide bonds. The Kier molecular flexibility index (Phi) is 64.8. The number of carbonyl (C=O) groups excluding carboxylic acids is 2.